The number of carbonyl (C=O) groups is 1. The second-order valence-electron chi connectivity index (χ2n) is 6.66. The molecule has 0 radical (unpaired) electrons. The summed E-state index contributed by atoms with van der Waals surface area (Å²) in [5, 5.41) is 11.3. The highest BCUT2D eigenvalue weighted by atomic mass is 16.3. The molecule has 132 valence electrons. The van der Waals surface area contributed by atoms with E-state index in [4.69, 9.17) is 5.11 Å². The molecule has 0 rings (SSSR count). The molecule has 0 fully saturated rings. The molecule has 0 heterocycles. The van der Waals surface area contributed by atoms with Gasteiger partial charge in [0.1, 0.15) is 0 Å². The van der Waals surface area contributed by atoms with E-state index in [1.54, 1.807) is 0 Å². The number of amides is 1. The Labute approximate surface area is 138 Å². The maximum absolute atomic E-state index is 11.3. The lowest BCUT2D eigenvalue weighted by Gasteiger charge is -2.07. The summed E-state index contributed by atoms with van der Waals surface area (Å²) in [6, 6.07) is 0. The van der Waals surface area contributed by atoms with Crippen LogP contribution in [0.15, 0.2) is 0 Å². The molecule has 1 unspecified atom stereocenters. The van der Waals surface area contributed by atoms with Crippen molar-refractivity contribution in [3.8, 4) is 0 Å². The maximum Gasteiger partial charge on any atom is 0.220 e. The Bertz CT molecular complexity index is 244. The van der Waals surface area contributed by atoms with Crippen LogP contribution in [0.2, 0.25) is 0 Å². The number of hydrogen-bond donors (Lipinski definition) is 2. The van der Waals surface area contributed by atoms with Gasteiger partial charge in [-0.1, -0.05) is 84.5 Å². The van der Waals surface area contributed by atoms with Crippen LogP contribution in [0.25, 0.3) is 0 Å². The van der Waals surface area contributed by atoms with E-state index in [1.807, 2.05) is 0 Å². The van der Waals surface area contributed by atoms with E-state index in [-0.39, 0.29) is 12.5 Å². The zero-order valence-electron chi connectivity index (χ0n) is 15.0. The molecule has 0 aromatic heterocycles. The summed E-state index contributed by atoms with van der Waals surface area (Å²) in [6.45, 7) is 5.06. The molecule has 1 amide bonds. The van der Waals surface area contributed by atoms with Crippen LogP contribution in [0.3, 0.4) is 0 Å². The van der Waals surface area contributed by atoms with E-state index in [9.17, 15) is 4.79 Å². The van der Waals surface area contributed by atoms with Crippen molar-refractivity contribution in [3.05, 3.63) is 0 Å². The van der Waals surface area contributed by atoms with Crippen molar-refractivity contribution in [2.24, 2.45) is 5.92 Å². The van der Waals surface area contributed by atoms with Gasteiger partial charge in [0, 0.05) is 13.0 Å². The van der Waals surface area contributed by atoms with Gasteiger partial charge >= 0.3 is 0 Å². The van der Waals surface area contributed by atoms with Gasteiger partial charge in [-0.15, -0.1) is 0 Å². The van der Waals surface area contributed by atoms with Crippen molar-refractivity contribution >= 4 is 5.91 Å². The minimum absolute atomic E-state index is 0.0311. The van der Waals surface area contributed by atoms with Gasteiger partial charge in [0.05, 0.1) is 6.61 Å². The van der Waals surface area contributed by atoms with Crippen LogP contribution in [-0.2, 0) is 4.79 Å². The third kappa shape index (κ3) is 15.8. The first-order valence-corrected chi connectivity index (χ1v) is 9.58. The summed E-state index contributed by atoms with van der Waals surface area (Å²) in [4.78, 5) is 11.3. The van der Waals surface area contributed by atoms with Crippen LogP contribution >= 0.6 is 0 Å². The average Bonchev–Trinajstić information content (AvgIpc) is 2.53. The van der Waals surface area contributed by atoms with Gasteiger partial charge in [-0.3, -0.25) is 4.79 Å². The normalized spacial score (nSPS) is 12.3. The third-order valence-electron chi connectivity index (χ3n) is 4.48. The second-order valence-corrected chi connectivity index (χ2v) is 6.66. The number of aliphatic hydroxyl groups is 1. The Balaban J connectivity index is 3.10. The second kappa shape index (κ2) is 16.8. The van der Waals surface area contributed by atoms with Crippen LogP contribution in [0.4, 0.5) is 0 Å². The largest absolute Gasteiger partial charge is 0.395 e. The standard InChI is InChI=1S/C19H39NO2/c1-3-18(2)14-12-10-8-6-4-5-7-9-11-13-15-19(22)20-16-17-21/h18,21H,3-17H2,1-2H3,(H,20,22). The highest BCUT2D eigenvalue weighted by Crippen LogP contribution is 2.15. The lowest BCUT2D eigenvalue weighted by Crippen LogP contribution is -2.25. The molecule has 0 aromatic rings. The predicted molar refractivity (Wildman–Crippen MR) is 95.0 cm³/mol. The summed E-state index contributed by atoms with van der Waals surface area (Å²) in [5.41, 5.74) is 0. The van der Waals surface area contributed by atoms with Crippen molar-refractivity contribution in [1.29, 1.82) is 0 Å². The van der Waals surface area contributed by atoms with Crippen LogP contribution in [0.1, 0.15) is 97.3 Å². The van der Waals surface area contributed by atoms with Crippen LogP contribution in [0.5, 0.6) is 0 Å². The van der Waals surface area contributed by atoms with Crippen molar-refractivity contribution < 1.29 is 9.90 Å². The van der Waals surface area contributed by atoms with Gasteiger partial charge in [-0.2, -0.15) is 0 Å². The summed E-state index contributed by atoms with van der Waals surface area (Å²) >= 11 is 0. The number of rotatable bonds is 16. The average molecular weight is 314 g/mol. The number of hydrogen-bond acceptors (Lipinski definition) is 2. The van der Waals surface area contributed by atoms with E-state index < -0.39 is 0 Å². The Kier molecular flexibility index (Phi) is 16.4. The molecule has 1 atom stereocenters. The van der Waals surface area contributed by atoms with Gasteiger partial charge in [0.25, 0.3) is 0 Å². The molecule has 0 aliphatic rings. The van der Waals surface area contributed by atoms with Gasteiger partial charge < -0.3 is 10.4 Å². The molecular weight excluding hydrogens is 274 g/mol. The number of nitrogens with one attached hydrogen (secondary N) is 1. The molecule has 0 bridgehead atoms. The molecular formula is C19H39NO2. The fourth-order valence-corrected chi connectivity index (χ4v) is 2.68. The maximum atomic E-state index is 11.3. The minimum Gasteiger partial charge on any atom is -0.395 e. The molecule has 0 aromatic carbocycles. The van der Waals surface area contributed by atoms with E-state index in [0.717, 1.165) is 18.8 Å². The molecule has 2 N–H and O–H groups in total. The minimum atomic E-state index is 0.0311. The zero-order chi connectivity index (χ0) is 16.5. The fourth-order valence-electron chi connectivity index (χ4n) is 2.68. The first-order chi connectivity index (χ1) is 10.7. The smallest absolute Gasteiger partial charge is 0.220 e. The predicted octanol–water partition coefficient (Wildman–Crippen LogP) is 4.82. The topological polar surface area (TPSA) is 49.3 Å². The van der Waals surface area contributed by atoms with Crippen molar-refractivity contribution in [1.82, 2.24) is 5.32 Å². The van der Waals surface area contributed by atoms with Crippen molar-refractivity contribution in [2.75, 3.05) is 13.2 Å². The number of unbranched alkanes of at least 4 members (excludes halogenated alkanes) is 9. The fraction of sp³-hybridized carbons (Fsp3) is 0.947. The lowest BCUT2D eigenvalue weighted by molar-refractivity contribution is -0.121. The first-order valence-electron chi connectivity index (χ1n) is 9.58. The first kappa shape index (κ1) is 21.4. The molecule has 22 heavy (non-hydrogen) atoms. The van der Waals surface area contributed by atoms with Crippen molar-refractivity contribution in [2.45, 2.75) is 97.3 Å². The van der Waals surface area contributed by atoms with Gasteiger partial charge in [0.15, 0.2) is 0 Å². The van der Waals surface area contributed by atoms with Gasteiger partial charge in [-0.05, 0) is 12.3 Å². The zero-order valence-corrected chi connectivity index (χ0v) is 15.0. The quantitative estimate of drug-likeness (QED) is 0.401. The molecule has 3 nitrogen and oxygen atoms in total. The van der Waals surface area contributed by atoms with Crippen molar-refractivity contribution in [3.63, 3.8) is 0 Å². The lowest BCUT2D eigenvalue weighted by atomic mass is 9.99. The number of aliphatic hydroxyl groups excluding tert-OH is 1. The Morgan fingerprint density at radius 1 is 0.909 bits per heavy atom. The summed E-state index contributed by atoms with van der Waals surface area (Å²) < 4.78 is 0. The molecule has 0 aliphatic carbocycles. The highest BCUT2D eigenvalue weighted by Gasteiger charge is 2.00. The Hall–Kier alpha value is -0.570. The molecule has 0 aliphatic heterocycles. The SMILES string of the molecule is CCC(C)CCCCCCCCCCCCC(=O)NCCO. The third-order valence-corrected chi connectivity index (χ3v) is 4.48. The van der Waals surface area contributed by atoms with E-state index in [0.29, 0.717) is 13.0 Å². The molecule has 0 saturated carbocycles. The summed E-state index contributed by atoms with van der Waals surface area (Å²) in [7, 11) is 0. The molecule has 0 spiro atoms. The Morgan fingerprint density at radius 2 is 1.41 bits per heavy atom. The van der Waals surface area contributed by atoms with E-state index in [2.05, 4.69) is 19.2 Å². The van der Waals surface area contributed by atoms with Gasteiger partial charge in [0.2, 0.25) is 5.91 Å². The number of carbonyl (C=O) groups excluding carboxylic acids is 1. The van der Waals surface area contributed by atoms with Crippen LogP contribution in [-0.4, -0.2) is 24.2 Å². The molecule has 3 heteroatoms. The van der Waals surface area contributed by atoms with E-state index >= 15 is 0 Å². The van der Waals surface area contributed by atoms with Crippen LogP contribution < -0.4 is 5.32 Å². The van der Waals surface area contributed by atoms with E-state index in [1.165, 1.54) is 64.2 Å². The molecule has 0 saturated heterocycles. The van der Waals surface area contributed by atoms with Gasteiger partial charge in [-0.25, -0.2) is 0 Å². The summed E-state index contributed by atoms with van der Waals surface area (Å²) in [6.07, 6.45) is 16.4. The Morgan fingerprint density at radius 3 is 1.91 bits per heavy atom. The van der Waals surface area contributed by atoms with Crippen LogP contribution in [0, 0.1) is 5.92 Å². The highest BCUT2D eigenvalue weighted by molar-refractivity contribution is 5.75. The monoisotopic (exact) mass is 313 g/mol. The summed E-state index contributed by atoms with van der Waals surface area (Å²) in [5.74, 6) is 0.983.